The number of rotatable bonds is 6. The molecule has 0 fully saturated rings. The molecule has 0 bridgehead atoms. The van der Waals surface area contributed by atoms with Crippen molar-refractivity contribution >= 4 is 23.3 Å². The number of nitrogens with zero attached hydrogens (tertiary/aromatic N) is 4. The monoisotopic (exact) mass is 473 g/mol. The maximum absolute atomic E-state index is 14.4. The third-order valence-corrected chi connectivity index (χ3v) is 4.90. The summed E-state index contributed by atoms with van der Waals surface area (Å²) in [6.07, 6.45) is 4.08. The highest BCUT2D eigenvalue weighted by Crippen LogP contribution is 2.29. The predicted octanol–water partition coefficient (Wildman–Crippen LogP) is 3.83. The Labute approximate surface area is 195 Å². The summed E-state index contributed by atoms with van der Waals surface area (Å²) in [6, 6.07) is 5.54. The van der Waals surface area contributed by atoms with E-state index in [2.05, 4.69) is 20.3 Å². The van der Waals surface area contributed by atoms with Crippen LogP contribution in [-0.2, 0) is 0 Å². The van der Waals surface area contributed by atoms with E-state index in [1.807, 2.05) is 13.8 Å². The van der Waals surface area contributed by atoms with Crippen molar-refractivity contribution in [2.45, 2.75) is 39.2 Å². The summed E-state index contributed by atoms with van der Waals surface area (Å²) in [7, 11) is 0. The van der Waals surface area contributed by atoms with Crippen molar-refractivity contribution in [3.05, 3.63) is 70.2 Å². The van der Waals surface area contributed by atoms with Gasteiger partial charge in [-0.15, -0.1) is 0 Å². The van der Waals surface area contributed by atoms with Crippen LogP contribution in [0.4, 0.5) is 10.2 Å². The fraction of sp³-hybridized carbons (Fsp3) is 0.304. The van der Waals surface area contributed by atoms with E-state index in [1.165, 1.54) is 36.7 Å². The van der Waals surface area contributed by atoms with Crippen molar-refractivity contribution in [2.24, 2.45) is 4.99 Å². The quantitative estimate of drug-likeness (QED) is 0.471. The molecule has 0 atom stereocenters. The molecule has 0 radical (unpaired) electrons. The Bertz CT molecular complexity index is 1250. The Kier molecular flexibility index (Phi) is 7.14. The van der Waals surface area contributed by atoms with Crippen LogP contribution in [0.5, 0.6) is 0 Å². The second-order valence-electron chi connectivity index (χ2n) is 8.48. The molecule has 1 amide bonds. The number of amides is 1. The maximum Gasteiger partial charge on any atom is 0.255 e. The van der Waals surface area contributed by atoms with Gasteiger partial charge in [-0.1, -0.05) is 25.4 Å². The Balaban J connectivity index is 2.15. The van der Waals surface area contributed by atoms with Gasteiger partial charge in [-0.3, -0.25) is 4.79 Å². The summed E-state index contributed by atoms with van der Waals surface area (Å²) < 4.78 is 15.1. The van der Waals surface area contributed by atoms with Crippen LogP contribution in [0.15, 0.2) is 47.8 Å². The largest absolute Gasteiger partial charge is 0.429 e. The van der Waals surface area contributed by atoms with Crippen molar-refractivity contribution < 1.29 is 19.5 Å². The molecule has 8 nitrogen and oxygen atoms in total. The molecule has 174 valence electrons. The Morgan fingerprint density at radius 3 is 2.73 bits per heavy atom. The first-order valence-corrected chi connectivity index (χ1v) is 10.6. The smallest absolute Gasteiger partial charge is 0.255 e. The van der Waals surface area contributed by atoms with E-state index in [0.29, 0.717) is 10.6 Å². The zero-order chi connectivity index (χ0) is 24.3. The zero-order valence-electron chi connectivity index (χ0n) is 18.7. The van der Waals surface area contributed by atoms with E-state index >= 15 is 0 Å². The molecule has 3 aromatic rings. The number of nitrogens with one attached hydrogen (secondary N) is 1. The van der Waals surface area contributed by atoms with Gasteiger partial charge in [0.05, 0.1) is 28.3 Å². The summed E-state index contributed by atoms with van der Waals surface area (Å²) in [5, 5.41) is 22.9. The minimum atomic E-state index is -1.12. The highest BCUT2D eigenvalue weighted by molar-refractivity contribution is 6.30. The summed E-state index contributed by atoms with van der Waals surface area (Å²) in [4.78, 5) is 26.0. The lowest BCUT2D eigenvalue weighted by Crippen LogP contribution is -2.40. The molecule has 0 spiro atoms. The van der Waals surface area contributed by atoms with Gasteiger partial charge in [-0.05, 0) is 44.0 Å². The lowest BCUT2D eigenvalue weighted by molar-refractivity contribution is 0.0691. The minimum absolute atomic E-state index is 0.00542. The molecule has 0 saturated heterocycles. The molecular formula is C23H25ClFN5O3. The standard InChI is InChI=1S/C23H25ClFN5O3/c1-13(2)16-10-26-20(15-9-14(24)5-6-18(15)25)29-21(16)28-19-7-8-30(33)11-17(19)22(31)27-12-23(3,4)32/h5-11,13,32-33H,12H2,1-4H3,(H,27,31). The van der Waals surface area contributed by atoms with Crippen LogP contribution in [0.3, 0.4) is 0 Å². The number of benzene rings is 1. The van der Waals surface area contributed by atoms with Crippen molar-refractivity contribution in [3.8, 4) is 11.4 Å². The maximum atomic E-state index is 14.4. The first-order chi connectivity index (χ1) is 15.4. The van der Waals surface area contributed by atoms with E-state index in [4.69, 9.17) is 11.6 Å². The van der Waals surface area contributed by atoms with Crippen LogP contribution < -0.4 is 10.7 Å². The van der Waals surface area contributed by atoms with E-state index < -0.39 is 17.3 Å². The van der Waals surface area contributed by atoms with E-state index in [9.17, 15) is 19.5 Å². The highest BCUT2D eigenvalue weighted by Gasteiger charge is 2.18. The number of pyridine rings is 1. The number of halogens is 2. The van der Waals surface area contributed by atoms with Crippen LogP contribution in [0.1, 0.15) is 49.5 Å². The molecule has 3 rings (SSSR count). The van der Waals surface area contributed by atoms with Crippen LogP contribution in [-0.4, -0.2) is 43.1 Å². The minimum Gasteiger partial charge on any atom is -0.429 e. The van der Waals surface area contributed by atoms with Crippen molar-refractivity contribution in [3.63, 3.8) is 0 Å². The normalized spacial score (nSPS) is 12.3. The molecule has 0 aliphatic rings. The lowest BCUT2D eigenvalue weighted by atomic mass is 10.1. The van der Waals surface area contributed by atoms with Gasteiger partial charge in [-0.25, -0.2) is 24.1 Å². The van der Waals surface area contributed by atoms with Crippen LogP contribution in [0.2, 0.25) is 5.02 Å². The van der Waals surface area contributed by atoms with Crippen molar-refractivity contribution in [1.82, 2.24) is 20.0 Å². The zero-order valence-corrected chi connectivity index (χ0v) is 19.4. The second kappa shape index (κ2) is 9.68. The van der Waals surface area contributed by atoms with Crippen LogP contribution >= 0.6 is 11.6 Å². The molecule has 0 unspecified atom stereocenters. The summed E-state index contributed by atoms with van der Waals surface area (Å²) in [5.41, 5.74) is -0.249. The average molecular weight is 474 g/mol. The van der Waals surface area contributed by atoms with Crippen molar-refractivity contribution in [1.29, 1.82) is 0 Å². The number of hydrogen-bond donors (Lipinski definition) is 3. The number of hydrogen-bond acceptors (Lipinski definition) is 6. The fourth-order valence-corrected chi connectivity index (χ4v) is 3.11. The van der Waals surface area contributed by atoms with Crippen molar-refractivity contribution in [2.75, 3.05) is 6.54 Å². The second-order valence-corrected chi connectivity index (χ2v) is 8.92. The molecule has 0 saturated carbocycles. The molecule has 0 aliphatic heterocycles. The molecule has 1 aromatic carbocycles. The number of aromatic nitrogens is 3. The Hall–Kier alpha value is -3.30. The average Bonchev–Trinajstić information content (AvgIpc) is 2.74. The number of carbonyl (C=O) groups excluding carboxylic acids is 1. The molecular weight excluding hydrogens is 449 g/mol. The topological polar surface area (TPSA) is 113 Å². The lowest BCUT2D eigenvalue weighted by Gasteiger charge is -2.17. The molecule has 0 aliphatic carbocycles. The van der Waals surface area contributed by atoms with Gasteiger partial charge in [0.25, 0.3) is 5.91 Å². The SMILES string of the molecule is CC(C)c1cnc(-c2cc(Cl)ccc2F)nc1N=c1ccn(O)cc1C(=O)NCC(C)(C)O. The van der Waals surface area contributed by atoms with Gasteiger partial charge in [-0.2, -0.15) is 0 Å². The van der Waals surface area contributed by atoms with E-state index in [1.54, 1.807) is 20.0 Å². The van der Waals surface area contributed by atoms with Gasteiger partial charge >= 0.3 is 0 Å². The van der Waals surface area contributed by atoms with Crippen LogP contribution in [0, 0.1) is 5.82 Å². The highest BCUT2D eigenvalue weighted by atomic mass is 35.5. The Morgan fingerprint density at radius 1 is 1.33 bits per heavy atom. The predicted molar refractivity (Wildman–Crippen MR) is 122 cm³/mol. The van der Waals surface area contributed by atoms with Gasteiger partial charge in [0, 0.05) is 29.5 Å². The summed E-state index contributed by atoms with van der Waals surface area (Å²) in [5.74, 6) is -0.738. The third kappa shape index (κ3) is 6.15. The van der Waals surface area contributed by atoms with E-state index in [-0.39, 0.29) is 40.6 Å². The number of carbonyl (C=O) groups is 1. The molecule has 3 N–H and O–H groups in total. The fourth-order valence-electron chi connectivity index (χ4n) is 2.93. The van der Waals surface area contributed by atoms with E-state index in [0.717, 1.165) is 4.73 Å². The van der Waals surface area contributed by atoms with Gasteiger partial charge in [0.2, 0.25) is 0 Å². The van der Waals surface area contributed by atoms with Gasteiger partial charge < -0.3 is 15.6 Å². The number of aliphatic hydroxyl groups is 1. The summed E-state index contributed by atoms with van der Waals surface area (Å²) >= 11 is 6.02. The molecule has 10 heteroatoms. The summed E-state index contributed by atoms with van der Waals surface area (Å²) in [6.45, 7) is 6.97. The molecule has 2 heterocycles. The third-order valence-electron chi connectivity index (χ3n) is 4.66. The van der Waals surface area contributed by atoms with Gasteiger partial charge in [0.15, 0.2) is 11.6 Å². The first-order valence-electron chi connectivity index (χ1n) is 10.2. The first kappa shape index (κ1) is 24.3. The van der Waals surface area contributed by atoms with Gasteiger partial charge in [0.1, 0.15) is 5.82 Å². The molecule has 33 heavy (non-hydrogen) atoms. The molecule has 2 aromatic heterocycles. The Morgan fingerprint density at radius 2 is 2.06 bits per heavy atom. The van der Waals surface area contributed by atoms with Crippen LogP contribution in [0.25, 0.3) is 11.4 Å².